The zero-order valence-corrected chi connectivity index (χ0v) is 17.2. The van der Waals surface area contributed by atoms with Gasteiger partial charge < -0.3 is 9.88 Å². The van der Waals surface area contributed by atoms with Crippen LogP contribution in [-0.2, 0) is 4.79 Å². The van der Waals surface area contributed by atoms with Crippen LogP contribution in [0.4, 0.5) is 0 Å². The second-order valence-electron chi connectivity index (χ2n) is 8.43. The molecule has 1 amide bonds. The average molecular weight is 376 g/mol. The Morgan fingerprint density at radius 3 is 2.39 bits per heavy atom. The van der Waals surface area contributed by atoms with Gasteiger partial charge in [-0.3, -0.25) is 9.78 Å². The summed E-state index contributed by atoms with van der Waals surface area (Å²) in [4.78, 5) is 21.1. The van der Waals surface area contributed by atoms with E-state index < -0.39 is 0 Å². The molecule has 3 aromatic rings. The summed E-state index contributed by atoms with van der Waals surface area (Å²) >= 11 is 0. The molecule has 0 saturated carbocycles. The number of nitrogens with zero attached hydrogens (tertiary/aromatic N) is 2. The molecule has 2 aromatic heterocycles. The number of aromatic nitrogens is 2. The van der Waals surface area contributed by atoms with Gasteiger partial charge in [0.2, 0.25) is 6.41 Å². The van der Waals surface area contributed by atoms with Crippen molar-refractivity contribution in [1.29, 1.82) is 0 Å². The summed E-state index contributed by atoms with van der Waals surface area (Å²) in [6.45, 7) is 10.4. The quantitative estimate of drug-likeness (QED) is 0.629. The van der Waals surface area contributed by atoms with E-state index in [0.29, 0.717) is 11.8 Å². The highest BCUT2D eigenvalue weighted by Gasteiger charge is 2.22. The molecule has 0 spiro atoms. The topological polar surface area (TPSA) is 49.0 Å². The Morgan fingerprint density at radius 1 is 1.11 bits per heavy atom. The molecular weight excluding hydrogens is 346 g/mol. The van der Waals surface area contributed by atoms with Crippen LogP contribution in [0.2, 0.25) is 0 Å². The minimum Gasteiger partial charge on any atom is -0.354 e. The van der Waals surface area contributed by atoms with Crippen LogP contribution < -0.4 is 0 Å². The van der Waals surface area contributed by atoms with Crippen molar-refractivity contribution >= 4 is 17.3 Å². The fourth-order valence-corrected chi connectivity index (χ4v) is 4.63. The molecule has 1 aliphatic rings. The number of carbonyl (C=O) groups is 1. The number of hydrogen-bond donors (Lipinski definition) is 1. The van der Waals surface area contributed by atoms with Gasteiger partial charge in [0.25, 0.3) is 0 Å². The summed E-state index contributed by atoms with van der Waals surface area (Å²) in [5.74, 6) is 0.953. The molecule has 4 heteroatoms. The van der Waals surface area contributed by atoms with Crippen molar-refractivity contribution in [3.8, 4) is 11.3 Å². The molecule has 0 aliphatic carbocycles. The third kappa shape index (κ3) is 3.44. The zero-order valence-electron chi connectivity index (χ0n) is 17.2. The number of carbonyl (C=O) groups excluding carboxylic acids is 1. The van der Waals surface area contributed by atoms with E-state index in [4.69, 9.17) is 0 Å². The fraction of sp³-hybridized carbons (Fsp3) is 0.417. The van der Waals surface area contributed by atoms with Crippen LogP contribution in [-0.4, -0.2) is 34.4 Å². The van der Waals surface area contributed by atoms with Gasteiger partial charge in [0.15, 0.2) is 0 Å². The highest BCUT2D eigenvalue weighted by atomic mass is 16.1. The predicted octanol–water partition coefficient (Wildman–Crippen LogP) is 5.31. The summed E-state index contributed by atoms with van der Waals surface area (Å²) in [6, 6.07) is 11.2. The van der Waals surface area contributed by atoms with Crippen molar-refractivity contribution < 1.29 is 4.79 Å². The van der Waals surface area contributed by atoms with Crippen LogP contribution in [0.15, 0.2) is 30.3 Å². The number of pyridine rings is 1. The molecule has 0 atom stereocenters. The van der Waals surface area contributed by atoms with Gasteiger partial charge in [-0.15, -0.1) is 0 Å². The number of benzene rings is 1. The monoisotopic (exact) mass is 375 g/mol. The number of amides is 1. The van der Waals surface area contributed by atoms with Gasteiger partial charge in [-0.05, 0) is 73.9 Å². The van der Waals surface area contributed by atoms with Gasteiger partial charge in [0.1, 0.15) is 0 Å². The van der Waals surface area contributed by atoms with Crippen LogP contribution in [0.1, 0.15) is 61.0 Å². The summed E-state index contributed by atoms with van der Waals surface area (Å²) in [5, 5.41) is 1.33. The van der Waals surface area contributed by atoms with E-state index in [1.165, 1.54) is 33.3 Å². The van der Waals surface area contributed by atoms with Gasteiger partial charge >= 0.3 is 0 Å². The molecule has 0 radical (unpaired) electrons. The molecule has 1 aliphatic heterocycles. The number of piperidine rings is 1. The van der Waals surface area contributed by atoms with Gasteiger partial charge in [0.05, 0.1) is 5.69 Å². The molecule has 1 aromatic carbocycles. The third-order valence-electron chi connectivity index (χ3n) is 5.96. The lowest BCUT2D eigenvalue weighted by molar-refractivity contribution is -0.119. The van der Waals surface area contributed by atoms with Crippen molar-refractivity contribution in [2.75, 3.05) is 13.1 Å². The Balaban J connectivity index is 1.79. The number of aromatic amines is 1. The molecule has 146 valence electrons. The maximum atomic E-state index is 11.0. The number of rotatable bonds is 4. The van der Waals surface area contributed by atoms with Crippen molar-refractivity contribution in [1.82, 2.24) is 14.9 Å². The molecule has 0 bridgehead atoms. The molecule has 28 heavy (non-hydrogen) atoms. The Labute approximate surface area is 167 Å². The summed E-state index contributed by atoms with van der Waals surface area (Å²) in [6.07, 6.45) is 3.07. The summed E-state index contributed by atoms with van der Waals surface area (Å²) in [7, 11) is 0. The van der Waals surface area contributed by atoms with Gasteiger partial charge in [0, 0.05) is 40.9 Å². The molecular formula is C24H29N3O. The van der Waals surface area contributed by atoms with Crippen LogP contribution in [0.5, 0.6) is 0 Å². The Morgan fingerprint density at radius 2 is 1.79 bits per heavy atom. The minimum atomic E-state index is 0.421. The molecule has 4 nitrogen and oxygen atoms in total. The van der Waals surface area contributed by atoms with E-state index >= 15 is 0 Å². The largest absolute Gasteiger partial charge is 0.354 e. The standard InChI is InChI=1S/C24H29N3O/c1-15(2)23-21-13-19(18-7-9-27(14-28)10-8-18)5-6-22(21)26-24(23)20-11-16(3)25-17(4)12-20/h5-6,11-15,18,26H,7-10H2,1-4H3. The summed E-state index contributed by atoms with van der Waals surface area (Å²) < 4.78 is 0. The fourth-order valence-electron chi connectivity index (χ4n) is 4.63. The lowest BCUT2D eigenvalue weighted by Crippen LogP contribution is -2.31. The van der Waals surface area contributed by atoms with Gasteiger partial charge in [-0.1, -0.05) is 19.9 Å². The first kappa shape index (κ1) is 18.7. The van der Waals surface area contributed by atoms with E-state index in [-0.39, 0.29) is 0 Å². The van der Waals surface area contributed by atoms with Gasteiger partial charge in [-0.2, -0.15) is 0 Å². The van der Waals surface area contributed by atoms with Crippen molar-refractivity contribution in [3.63, 3.8) is 0 Å². The highest BCUT2D eigenvalue weighted by molar-refractivity contribution is 5.92. The zero-order chi connectivity index (χ0) is 19.8. The maximum absolute atomic E-state index is 11.0. The highest BCUT2D eigenvalue weighted by Crippen LogP contribution is 2.38. The van der Waals surface area contributed by atoms with Crippen LogP contribution in [0.25, 0.3) is 22.2 Å². The molecule has 4 rings (SSSR count). The molecule has 1 saturated heterocycles. The van der Waals surface area contributed by atoms with Crippen LogP contribution >= 0.6 is 0 Å². The van der Waals surface area contributed by atoms with E-state index in [2.05, 4.69) is 68.0 Å². The third-order valence-corrected chi connectivity index (χ3v) is 5.96. The number of fused-ring (bicyclic) bond motifs is 1. The first-order valence-electron chi connectivity index (χ1n) is 10.3. The first-order chi connectivity index (χ1) is 13.5. The number of hydrogen-bond acceptors (Lipinski definition) is 2. The van der Waals surface area contributed by atoms with Crippen molar-refractivity contribution in [3.05, 3.63) is 52.8 Å². The number of nitrogens with one attached hydrogen (secondary N) is 1. The van der Waals surface area contributed by atoms with E-state index in [0.717, 1.165) is 43.7 Å². The maximum Gasteiger partial charge on any atom is 0.209 e. The second-order valence-corrected chi connectivity index (χ2v) is 8.43. The van der Waals surface area contributed by atoms with Gasteiger partial charge in [-0.25, -0.2) is 0 Å². The van der Waals surface area contributed by atoms with E-state index in [9.17, 15) is 4.79 Å². The predicted molar refractivity (Wildman–Crippen MR) is 115 cm³/mol. The summed E-state index contributed by atoms with van der Waals surface area (Å²) in [5.41, 5.74) is 8.49. The minimum absolute atomic E-state index is 0.421. The van der Waals surface area contributed by atoms with E-state index in [1.54, 1.807) is 0 Å². The van der Waals surface area contributed by atoms with Crippen molar-refractivity contribution in [2.24, 2.45) is 0 Å². The molecule has 1 N–H and O–H groups in total. The Bertz CT molecular complexity index is 990. The normalized spacial score (nSPS) is 15.5. The SMILES string of the molecule is Cc1cc(-c2[nH]c3ccc(C4CCN(C=O)CC4)cc3c2C(C)C)cc(C)n1. The number of likely N-dealkylation sites (tertiary alicyclic amines) is 1. The lowest BCUT2D eigenvalue weighted by Gasteiger charge is -2.29. The molecule has 3 heterocycles. The average Bonchev–Trinajstić information content (AvgIpc) is 3.06. The van der Waals surface area contributed by atoms with Crippen LogP contribution in [0, 0.1) is 13.8 Å². The Hall–Kier alpha value is -2.62. The van der Waals surface area contributed by atoms with E-state index in [1.807, 2.05) is 4.90 Å². The molecule has 0 unspecified atom stereocenters. The number of aryl methyl sites for hydroxylation is 2. The Kier molecular flexibility index (Phi) is 4.96. The second kappa shape index (κ2) is 7.42. The van der Waals surface area contributed by atoms with Crippen LogP contribution in [0.3, 0.4) is 0 Å². The first-order valence-corrected chi connectivity index (χ1v) is 10.3. The lowest BCUT2D eigenvalue weighted by atomic mass is 9.87. The van der Waals surface area contributed by atoms with Crippen molar-refractivity contribution in [2.45, 2.75) is 52.4 Å². The molecule has 1 fully saturated rings. The number of H-pyrrole nitrogens is 1. The smallest absolute Gasteiger partial charge is 0.209 e.